The molecular formula is C24H28O2. The van der Waals surface area contributed by atoms with Crippen LogP contribution >= 0.6 is 0 Å². The number of benzene rings is 2. The molecule has 0 radical (unpaired) electrons. The number of carbonyl (C=O) groups is 1. The van der Waals surface area contributed by atoms with E-state index in [1.165, 1.54) is 12.8 Å². The second kappa shape index (κ2) is 6.26. The standard InChI is InChI=1S/C24H28O2/c1-23(2,3)17-13-15-19(16-14-17)24(18-9-5-4-6-10-18)21-12-8-7-11-20(21)22(25)26-24/h4-12,17,19H,13-16H2,1-3H3. The van der Waals surface area contributed by atoms with Gasteiger partial charge in [0, 0.05) is 17.0 Å². The molecule has 0 bridgehead atoms. The Hall–Kier alpha value is -2.09. The van der Waals surface area contributed by atoms with Gasteiger partial charge in [-0.3, -0.25) is 0 Å². The van der Waals surface area contributed by atoms with Crippen molar-refractivity contribution in [1.29, 1.82) is 0 Å². The summed E-state index contributed by atoms with van der Waals surface area (Å²) in [5, 5.41) is 0. The Labute approximate surface area is 156 Å². The lowest BCUT2D eigenvalue weighted by Crippen LogP contribution is -2.40. The highest BCUT2D eigenvalue weighted by molar-refractivity contribution is 5.95. The number of hydrogen-bond donors (Lipinski definition) is 0. The van der Waals surface area contributed by atoms with Gasteiger partial charge in [-0.2, -0.15) is 0 Å². The second-order valence-electron chi connectivity index (χ2n) is 8.95. The first-order chi connectivity index (χ1) is 12.4. The smallest absolute Gasteiger partial charge is 0.339 e. The van der Waals surface area contributed by atoms with Crippen molar-refractivity contribution in [2.24, 2.45) is 17.3 Å². The summed E-state index contributed by atoms with van der Waals surface area (Å²) in [6.45, 7) is 7.03. The molecule has 2 aliphatic rings. The van der Waals surface area contributed by atoms with Crippen LogP contribution in [0.25, 0.3) is 0 Å². The van der Waals surface area contributed by atoms with Gasteiger partial charge in [-0.15, -0.1) is 0 Å². The summed E-state index contributed by atoms with van der Waals surface area (Å²) < 4.78 is 6.23. The van der Waals surface area contributed by atoms with Gasteiger partial charge in [-0.25, -0.2) is 4.79 Å². The van der Waals surface area contributed by atoms with Gasteiger partial charge in [0.05, 0.1) is 5.56 Å². The molecule has 1 aliphatic heterocycles. The molecule has 1 unspecified atom stereocenters. The summed E-state index contributed by atoms with van der Waals surface area (Å²) >= 11 is 0. The maximum Gasteiger partial charge on any atom is 0.339 e. The van der Waals surface area contributed by atoms with E-state index < -0.39 is 5.60 Å². The molecule has 0 saturated heterocycles. The lowest BCUT2D eigenvalue weighted by molar-refractivity contribution is -0.0357. The van der Waals surface area contributed by atoms with Gasteiger partial charge in [0.15, 0.2) is 5.60 Å². The molecule has 0 N–H and O–H groups in total. The van der Waals surface area contributed by atoms with E-state index in [1.807, 2.05) is 36.4 Å². The van der Waals surface area contributed by atoms with Crippen molar-refractivity contribution in [3.05, 3.63) is 71.3 Å². The van der Waals surface area contributed by atoms with E-state index in [-0.39, 0.29) is 5.97 Å². The number of rotatable bonds is 2. The van der Waals surface area contributed by atoms with Crippen LogP contribution in [0.5, 0.6) is 0 Å². The summed E-state index contributed by atoms with van der Waals surface area (Å²) in [4.78, 5) is 12.7. The zero-order valence-corrected chi connectivity index (χ0v) is 16.0. The fourth-order valence-electron chi connectivity index (χ4n) is 5.05. The molecule has 1 heterocycles. The zero-order chi connectivity index (χ0) is 18.4. The molecule has 4 rings (SSSR count). The first kappa shape index (κ1) is 17.3. The van der Waals surface area contributed by atoms with Crippen molar-refractivity contribution in [3.8, 4) is 0 Å². The van der Waals surface area contributed by atoms with Crippen LogP contribution < -0.4 is 0 Å². The zero-order valence-electron chi connectivity index (χ0n) is 16.0. The Morgan fingerprint density at radius 2 is 1.50 bits per heavy atom. The predicted molar refractivity (Wildman–Crippen MR) is 104 cm³/mol. The molecule has 1 saturated carbocycles. The van der Waals surface area contributed by atoms with Gasteiger partial charge < -0.3 is 4.74 Å². The van der Waals surface area contributed by atoms with Crippen LogP contribution in [0.1, 0.15) is 67.9 Å². The van der Waals surface area contributed by atoms with Gasteiger partial charge in [0.2, 0.25) is 0 Å². The van der Waals surface area contributed by atoms with Crippen LogP contribution in [-0.4, -0.2) is 5.97 Å². The van der Waals surface area contributed by atoms with Gasteiger partial charge in [-0.1, -0.05) is 69.3 Å². The molecule has 26 heavy (non-hydrogen) atoms. The number of esters is 1. The van der Waals surface area contributed by atoms with Gasteiger partial charge in [0.1, 0.15) is 0 Å². The molecule has 2 nitrogen and oxygen atoms in total. The molecule has 2 aromatic rings. The fraction of sp³-hybridized carbons (Fsp3) is 0.458. The van der Waals surface area contributed by atoms with Gasteiger partial charge in [0.25, 0.3) is 0 Å². The summed E-state index contributed by atoms with van der Waals surface area (Å²) in [6, 6.07) is 18.3. The highest BCUT2D eigenvalue weighted by atomic mass is 16.6. The van der Waals surface area contributed by atoms with E-state index in [4.69, 9.17) is 4.74 Å². The third-order valence-corrected chi connectivity index (χ3v) is 6.53. The summed E-state index contributed by atoms with van der Waals surface area (Å²) in [5.74, 6) is 0.886. The summed E-state index contributed by atoms with van der Waals surface area (Å²) in [7, 11) is 0. The van der Waals surface area contributed by atoms with Crippen molar-refractivity contribution in [2.75, 3.05) is 0 Å². The molecule has 2 aromatic carbocycles. The Morgan fingerprint density at radius 1 is 0.885 bits per heavy atom. The highest BCUT2D eigenvalue weighted by Crippen LogP contribution is 2.53. The van der Waals surface area contributed by atoms with Crippen LogP contribution in [0.3, 0.4) is 0 Å². The molecule has 0 spiro atoms. The second-order valence-corrected chi connectivity index (χ2v) is 8.95. The Balaban J connectivity index is 1.77. The highest BCUT2D eigenvalue weighted by Gasteiger charge is 2.53. The van der Waals surface area contributed by atoms with E-state index in [2.05, 4.69) is 39.0 Å². The van der Waals surface area contributed by atoms with E-state index in [0.717, 1.165) is 35.4 Å². The van der Waals surface area contributed by atoms with Gasteiger partial charge in [-0.05, 0) is 43.1 Å². The van der Waals surface area contributed by atoms with Gasteiger partial charge >= 0.3 is 5.97 Å². The fourth-order valence-corrected chi connectivity index (χ4v) is 5.05. The topological polar surface area (TPSA) is 26.3 Å². The molecular weight excluding hydrogens is 320 g/mol. The molecule has 0 aromatic heterocycles. The van der Waals surface area contributed by atoms with Crippen molar-refractivity contribution in [3.63, 3.8) is 0 Å². The molecule has 1 atom stereocenters. The van der Waals surface area contributed by atoms with Crippen molar-refractivity contribution in [2.45, 2.75) is 52.1 Å². The van der Waals surface area contributed by atoms with Crippen LogP contribution in [0.4, 0.5) is 0 Å². The Bertz CT molecular complexity index is 794. The molecule has 136 valence electrons. The minimum Gasteiger partial charge on any atom is -0.445 e. The SMILES string of the molecule is CC(C)(C)C1CCC(C2(c3ccccc3)OC(=O)c3ccccc32)CC1. The molecule has 1 fully saturated rings. The number of ether oxygens (including phenoxy) is 1. The lowest BCUT2D eigenvalue weighted by atomic mass is 9.64. The van der Waals surface area contributed by atoms with Crippen molar-refractivity contribution < 1.29 is 9.53 Å². The average Bonchev–Trinajstić information content (AvgIpc) is 2.96. The van der Waals surface area contributed by atoms with E-state index in [1.54, 1.807) is 0 Å². The maximum atomic E-state index is 12.7. The van der Waals surface area contributed by atoms with Crippen molar-refractivity contribution >= 4 is 5.97 Å². The van der Waals surface area contributed by atoms with E-state index >= 15 is 0 Å². The third kappa shape index (κ3) is 2.67. The third-order valence-electron chi connectivity index (χ3n) is 6.53. The minimum atomic E-state index is -0.627. The minimum absolute atomic E-state index is 0.178. The molecule has 0 amide bonds. The Morgan fingerprint density at radius 3 is 2.15 bits per heavy atom. The maximum absolute atomic E-state index is 12.7. The first-order valence-corrected chi connectivity index (χ1v) is 9.81. The van der Waals surface area contributed by atoms with Crippen LogP contribution in [0.2, 0.25) is 0 Å². The normalized spacial score (nSPS) is 28.5. The van der Waals surface area contributed by atoms with E-state index in [9.17, 15) is 4.79 Å². The van der Waals surface area contributed by atoms with Crippen LogP contribution in [-0.2, 0) is 10.3 Å². The number of cyclic esters (lactones) is 1. The van der Waals surface area contributed by atoms with Crippen LogP contribution in [0, 0.1) is 17.3 Å². The largest absolute Gasteiger partial charge is 0.445 e. The predicted octanol–water partition coefficient (Wildman–Crippen LogP) is 5.95. The van der Waals surface area contributed by atoms with Crippen LogP contribution in [0.15, 0.2) is 54.6 Å². The lowest BCUT2D eigenvalue weighted by Gasteiger charge is -2.44. The molecule has 1 aliphatic carbocycles. The average molecular weight is 348 g/mol. The van der Waals surface area contributed by atoms with E-state index in [0.29, 0.717) is 11.3 Å². The summed E-state index contributed by atoms with van der Waals surface area (Å²) in [6.07, 6.45) is 4.59. The number of carbonyl (C=O) groups excluding carboxylic acids is 1. The first-order valence-electron chi connectivity index (χ1n) is 9.81. The molecule has 2 heteroatoms. The van der Waals surface area contributed by atoms with Crippen molar-refractivity contribution in [1.82, 2.24) is 0 Å². The quantitative estimate of drug-likeness (QED) is 0.627. The monoisotopic (exact) mass is 348 g/mol. The Kier molecular flexibility index (Phi) is 4.17. The number of fused-ring (bicyclic) bond motifs is 1. The number of hydrogen-bond acceptors (Lipinski definition) is 2. The summed E-state index contributed by atoms with van der Waals surface area (Å²) in [5.41, 5.74) is 2.61.